The maximum atomic E-state index is 4.93. The number of aromatic nitrogens is 3. The van der Waals surface area contributed by atoms with E-state index < -0.39 is 0 Å². The van der Waals surface area contributed by atoms with Gasteiger partial charge < -0.3 is 4.52 Å². The molecule has 0 aliphatic heterocycles. The van der Waals surface area contributed by atoms with E-state index in [9.17, 15) is 0 Å². The molecule has 2 rings (SSSR count). The van der Waals surface area contributed by atoms with Crippen molar-refractivity contribution >= 4 is 6.08 Å². The zero-order valence-electron chi connectivity index (χ0n) is 8.69. The van der Waals surface area contributed by atoms with Gasteiger partial charge in [-0.15, -0.1) is 0 Å². The van der Waals surface area contributed by atoms with Crippen LogP contribution in [0.3, 0.4) is 0 Å². The summed E-state index contributed by atoms with van der Waals surface area (Å²) in [5, 5.41) is 3.83. The van der Waals surface area contributed by atoms with E-state index in [1.54, 1.807) is 6.20 Å². The molecule has 0 saturated heterocycles. The van der Waals surface area contributed by atoms with Gasteiger partial charge in [0.15, 0.2) is 0 Å². The van der Waals surface area contributed by atoms with Crippen LogP contribution in [0, 0.1) is 13.8 Å². The lowest BCUT2D eigenvalue weighted by Crippen LogP contribution is -1.91. The van der Waals surface area contributed by atoms with E-state index in [2.05, 4.69) is 21.7 Å². The number of aryl methyl sites for hydroxylation is 2. The molecule has 0 N–H and O–H groups in total. The summed E-state index contributed by atoms with van der Waals surface area (Å²) in [6.07, 6.45) is 3.30. The molecule has 15 heavy (non-hydrogen) atoms. The molecule has 0 fully saturated rings. The van der Waals surface area contributed by atoms with Crippen molar-refractivity contribution in [1.29, 1.82) is 0 Å². The number of nitrogens with zero attached hydrogens (tertiary/aromatic N) is 3. The van der Waals surface area contributed by atoms with Gasteiger partial charge in [0, 0.05) is 6.20 Å². The third kappa shape index (κ3) is 1.79. The summed E-state index contributed by atoms with van der Waals surface area (Å²) in [6, 6.07) is 2.03. The van der Waals surface area contributed by atoms with E-state index in [0.29, 0.717) is 11.7 Å². The molecular formula is C11H11N3O. The van der Waals surface area contributed by atoms with Crippen molar-refractivity contribution in [2.45, 2.75) is 13.8 Å². The first-order chi connectivity index (χ1) is 7.20. The lowest BCUT2D eigenvalue weighted by Gasteiger charge is -1.99. The van der Waals surface area contributed by atoms with E-state index in [-0.39, 0.29) is 0 Å². The number of hydrogen-bond acceptors (Lipinski definition) is 4. The summed E-state index contributed by atoms with van der Waals surface area (Å²) in [6.45, 7) is 7.52. The molecule has 0 spiro atoms. The van der Waals surface area contributed by atoms with Gasteiger partial charge in [-0.1, -0.05) is 17.8 Å². The summed E-state index contributed by atoms with van der Waals surface area (Å²) in [7, 11) is 0. The number of hydrogen-bond donors (Lipinski definition) is 0. The summed E-state index contributed by atoms with van der Waals surface area (Å²) >= 11 is 0. The molecule has 0 bridgehead atoms. The van der Waals surface area contributed by atoms with Gasteiger partial charge in [-0.3, -0.25) is 4.98 Å². The number of pyridine rings is 1. The fourth-order valence-corrected chi connectivity index (χ4v) is 1.36. The monoisotopic (exact) mass is 201 g/mol. The minimum Gasteiger partial charge on any atom is -0.334 e. The van der Waals surface area contributed by atoms with E-state index in [4.69, 9.17) is 4.52 Å². The largest absolute Gasteiger partial charge is 0.334 e. The molecule has 0 aliphatic rings. The van der Waals surface area contributed by atoms with Crippen LogP contribution in [0.4, 0.5) is 0 Å². The Morgan fingerprint density at radius 2 is 2.20 bits per heavy atom. The Morgan fingerprint density at radius 1 is 1.40 bits per heavy atom. The highest BCUT2D eigenvalue weighted by atomic mass is 16.5. The summed E-state index contributed by atoms with van der Waals surface area (Å²) in [5.41, 5.74) is 2.90. The molecule has 2 heterocycles. The molecule has 0 aromatic carbocycles. The first-order valence-corrected chi connectivity index (χ1v) is 4.60. The van der Waals surface area contributed by atoms with E-state index in [1.807, 2.05) is 19.9 Å². The standard InChI is InChI=1S/C11H11N3O/c1-4-9-13-11(14-15-9)10-8(3)5-7(2)6-12-10/h4-6H,1H2,2-3H3. The zero-order valence-corrected chi connectivity index (χ0v) is 8.69. The topological polar surface area (TPSA) is 51.8 Å². The third-order valence-electron chi connectivity index (χ3n) is 2.04. The van der Waals surface area contributed by atoms with Crippen LogP contribution in [-0.4, -0.2) is 15.1 Å². The normalized spacial score (nSPS) is 10.3. The Balaban J connectivity index is 2.49. The predicted molar refractivity (Wildman–Crippen MR) is 57.1 cm³/mol. The lowest BCUT2D eigenvalue weighted by atomic mass is 10.1. The molecule has 0 amide bonds. The van der Waals surface area contributed by atoms with Gasteiger partial charge in [0.2, 0.25) is 11.7 Å². The molecule has 0 atom stereocenters. The van der Waals surface area contributed by atoms with Gasteiger partial charge in [0.25, 0.3) is 0 Å². The second-order valence-electron chi connectivity index (χ2n) is 3.34. The molecule has 0 saturated carbocycles. The van der Waals surface area contributed by atoms with Crippen molar-refractivity contribution in [1.82, 2.24) is 15.1 Å². The zero-order chi connectivity index (χ0) is 10.8. The highest BCUT2D eigenvalue weighted by Crippen LogP contribution is 2.18. The Hall–Kier alpha value is -1.97. The Bertz CT molecular complexity index is 502. The second-order valence-corrected chi connectivity index (χ2v) is 3.34. The Morgan fingerprint density at radius 3 is 2.80 bits per heavy atom. The Kier molecular flexibility index (Phi) is 2.33. The van der Waals surface area contributed by atoms with Crippen molar-refractivity contribution in [2.24, 2.45) is 0 Å². The van der Waals surface area contributed by atoms with Gasteiger partial charge >= 0.3 is 0 Å². The quantitative estimate of drug-likeness (QED) is 0.748. The summed E-state index contributed by atoms with van der Waals surface area (Å²) in [5.74, 6) is 0.911. The first-order valence-electron chi connectivity index (χ1n) is 4.60. The predicted octanol–water partition coefficient (Wildman–Crippen LogP) is 2.39. The summed E-state index contributed by atoms with van der Waals surface area (Å²) in [4.78, 5) is 8.41. The molecule has 2 aromatic rings. The molecule has 76 valence electrons. The van der Waals surface area contributed by atoms with Gasteiger partial charge in [-0.2, -0.15) is 4.98 Å². The summed E-state index contributed by atoms with van der Waals surface area (Å²) < 4.78 is 4.93. The van der Waals surface area contributed by atoms with Gasteiger partial charge in [0.05, 0.1) is 0 Å². The van der Waals surface area contributed by atoms with E-state index in [0.717, 1.165) is 16.8 Å². The fourth-order valence-electron chi connectivity index (χ4n) is 1.36. The number of rotatable bonds is 2. The Labute approximate surface area is 87.7 Å². The average molecular weight is 201 g/mol. The van der Waals surface area contributed by atoms with Crippen LogP contribution in [0.15, 0.2) is 23.4 Å². The molecule has 2 aromatic heterocycles. The minimum absolute atomic E-state index is 0.409. The van der Waals surface area contributed by atoms with Crippen LogP contribution in [0.1, 0.15) is 17.0 Å². The van der Waals surface area contributed by atoms with Crippen molar-refractivity contribution in [3.05, 3.63) is 35.9 Å². The van der Waals surface area contributed by atoms with Crippen LogP contribution >= 0.6 is 0 Å². The fraction of sp³-hybridized carbons (Fsp3) is 0.182. The van der Waals surface area contributed by atoms with Gasteiger partial charge in [0.1, 0.15) is 5.69 Å². The molecule has 0 radical (unpaired) electrons. The lowest BCUT2D eigenvalue weighted by molar-refractivity contribution is 0.411. The van der Waals surface area contributed by atoms with Crippen LogP contribution in [0.5, 0.6) is 0 Å². The van der Waals surface area contributed by atoms with E-state index >= 15 is 0 Å². The smallest absolute Gasteiger partial charge is 0.250 e. The van der Waals surface area contributed by atoms with Crippen molar-refractivity contribution in [3.63, 3.8) is 0 Å². The molecule has 4 heteroatoms. The van der Waals surface area contributed by atoms with Crippen LogP contribution < -0.4 is 0 Å². The maximum Gasteiger partial charge on any atom is 0.250 e. The highest BCUT2D eigenvalue weighted by Gasteiger charge is 2.10. The van der Waals surface area contributed by atoms with Crippen LogP contribution in [-0.2, 0) is 0 Å². The van der Waals surface area contributed by atoms with Crippen LogP contribution in [0.25, 0.3) is 17.6 Å². The van der Waals surface area contributed by atoms with Gasteiger partial charge in [-0.25, -0.2) is 0 Å². The SMILES string of the molecule is C=Cc1nc(-c2ncc(C)cc2C)no1. The third-order valence-corrected chi connectivity index (χ3v) is 2.04. The molecule has 0 aliphatic carbocycles. The molecule has 4 nitrogen and oxygen atoms in total. The highest BCUT2D eigenvalue weighted by molar-refractivity contribution is 5.55. The first kappa shape index (κ1) is 9.58. The average Bonchev–Trinajstić information content (AvgIpc) is 2.66. The van der Waals surface area contributed by atoms with Crippen molar-refractivity contribution in [3.8, 4) is 11.5 Å². The van der Waals surface area contributed by atoms with Crippen molar-refractivity contribution in [2.75, 3.05) is 0 Å². The molecular weight excluding hydrogens is 190 g/mol. The van der Waals surface area contributed by atoms with Crippen LogP contribution in [0.2, 0.25) is 0 Å². The van der Waals surface area contributed by atoms with Crippen molar-refractivity contribution < 1.29 is 4.52 Å². The minimum atomic E-state index is 0.409. The van der Waals surface area contributed by atoms with Gasteiger partial charge in [-0.05, 0) is 31.1 Å². The van der Waals surface area contributed by atoms with E-state index in [1.165, 1.54) is 6.08 Å². The second kappa shape index (κ2) is 3.65. The molecule has 0 unspecified atom stereocenters. The maximum absolute atomic E-state index is 4.93.